The predicted molar refractivity (Wildman–Crippen MR) is 83.0 cm³/mol. The maximum atomic E-state index is 12.3. The molecular formula is C15H20N2OS. The summed E-state index contributed by atoms with van der Waals surface area (Å²) in [6.07, 6.45) is 3.09. The molecule has 2 aromatic rings. The predicted octanol–water partition coefficient (Wildman–Crippen LogP) is 2.97. The molecular weight excluding hydrogens is 256 g/mol. The second-order valence-corrected chi connectivity index (χ2v) is 5.64. The van der Waals surface area contributed by atoms with E-state index < -0.39 is 0 Å². The molecule has 0 radical (unpaired) electrons. The molecule has 4 heteroatoms. The first-order valence-corrected chi connectivity index (χ1v) is 7.87. The molecule has 1 aromatic carbocycles. The van der Waals surface area contributed by atoms with Crippen molar-refractivity contribution >= 4 is 28.6 Å². The Morgan fingerprint density at radius 2 is 2.11 bits per heavy atom. The van der Waals surface area contributed by atoms with Crippen LogP contribution in [0.1, 0.15) is 22.5 Å². The third kappa shape index (κ3) is 2.78. The number of thioether (sulfide) groups is 1. The molecule has 3 nitrogen and oxygen atoms in total. The van der Waals surface area contributed by atoms with Crippen LogP contribution in [0.15, 0.2) is 24.3 Å². The molecule has 0 atom stereocenters. The number of rotatable bonds is 5. The first-order valence-electron chi connectivity index (χ1n) is 6.48. The number of para-hydroxylation sites is 1. The van der Waals surface area contributed by atoms with Gasteiger partial charge in [-0.25, -0.2) is 0 Å². The summed E-state index contributed by atoms with van der Waals surface area (Å²) < 4.78 is 1.98. The van der Waals surface area contributed by atoms with Crippen LogP contribution in [0.4, 0.5) is 0 Å². The van der Waals surface area contributed by atoms with Crippen molar-refractivity contribution in [3.8, 4) is 0 Å². The summed E-state index contributed by atoms with van der Waals surface area (Å²) in [7, 11) is 1.95. The number of hydrogen-bond donors (Lipinski definition) is 1. The van der Waals surface area contributed by atoms with E-state index in [0.717, 1.165) is 40.9 Å². The van der Waals surface area contributed by atoms with Gasteiger partial charge in [-0.15, -0.1) is 0 Å². The van der Waals surface area contributed by atoms with Gasteiger partial charge in [-0.3, -0.25) is 4.79 Å². The molecule has 0 aliphatic rings. The number of fused-ring (bicyclic) bond motifs is 1. The number of benzene rings is 1. The van der Waals surface area contributed by atoms with E-state index in [9.17, 15) is 4.79 Å². The van der Waals surface area contributed by atoms with Crippen molar-refractivity contribution < 1.29 is 4.79 Å². The fourth-order valence-electron chi connectivity index (χ4n) is 2.41. The van der Waals surface area contributed by atoms with Gasteiger partial charge in [0, 0.05) is 24.5 Å². The molecule has 0 spiro atoms. The summed E-state index contributed by atoms with van der Waals surface area (Å²) in [4.78, 5) is 12.3. The highest BCUT2D eigenvalue weighted by Gasteiger charge is 2.17. The van der Waals surface area contributed by atoms with Crippen molar-refractivity contribution in [1.82, 2.24) is 9.88 Å². The smallest absolute Gasteiger partial charge is 0.268 e. The number of aromatic nitrogens is 1. The van der Waals surface area contributed by atoms with Crippen molar-refractivity contribution in [2.24, 2.45) is 7.05 Å². The van der Waals surface area contributed by atoms with Crippen molar-refractivity contribution in [2.75, 3.05) is 18.6 Å². The van der Waals surface area contributed by atoms with Gasteiger partial charge in [0.2, 0.25) is 0 Å². The summed E-state index contributed by atoms with van der Waals surface area (Å²) in [5, 5.41) is 4.16. The van der Waals surface area contributed by atoms with E-state index in [-0.39, 0.29) is 5.91 Å². The third-order valence-electron chi connectivity index (χ3n) is 3.39. The van der Waals surface area contributed by atoms with Crippen LogP contribution < -0.4 is 5.32 Å². The number of carbonyl (C=O) groups is 1. The first kappa shape index (κ1) is 14.0. The number of nitrogens with zero attached hydrogens (tertiary/aromatic N) is 1. The monoisotopic (exact) mass is 276 g/mol. The zero-order valence-corrected chi connectivity index (χ0v) is 12.5. The van der Waals surface area contributed by atoms with E-state index >= 15 is 0 Å². The summed E-state index contributed by atoms with van der Waals surface area (Å²) in [5.41, 5.74) is 2.93. The topological polar surface area (TPSA) is 34.0 Å². The van der Waals surface area contributed by atoms with Gasteiger partial charge in [0.05, 0.1) is 0 Å². The summed E-state index contributed by atoms with van der Waals surface area (Å²) >= 11 is 1.80. The lowest BCUT2D eigenvalue weighted by molar-refractivity contribution is 0.0945. The van der Waals surface area contributed by atoms with Crippen molar-refractivity contribution in [3.63, 3.8) is 0 Å². The summed E-state index contributed by atoms with van der Waals surface area (Å²) in [6, 6.07) is 8.12. The van der Waals surface area contributed by atoms with Crippen molar-refractivity contribution in [2.45, 2.75) is 13.3 Å². The van der Waals surface area contributed by atoms with Gasteiger partial charge < -0.3 is 9.88 Å². The van der Waals surface area contributed by atoms with Crippen LogP contribution in [0.5, 0.6) is 0 Å². The van der Waals surface area contributed by atoms with Crippen LogP contribution in [0, 0.1) is 6.92 Å². The molecule has 1 heterocycles. The first-order chi connectivity index (χ1) is 9.16. The van der Waals surface area contributed by atoms with Gasteiger partial charge in [-0.05, 0) is 37.0 Å². The van der Waals surface area contributed by atoms with Gasteiger partial charge in [-0.1, -0.05) is 18.2 Å². The average Bonchev–Trinajstić information content (AvgIpc) is 2.68. The number of aryl methyl sites for hydroxylation is 2. The van der Waals surface area contributed by atoms with E-state index in [0.29, 0.717) is 0 Å². The van der Waals surface area contributed by atoms with Gasteiger partial charge >= 0.3 is 0 Å². The largest absolute Gasteiger partial charge is 0.351 e. The lowest BCUT2D eigenvalue weighted by Gasteiger charge is -2.07. The lowest BCUT2D eigenvalue weighted by Crippen LogP contribution is -2.27. The maximum Gasteiger partial charge on any atom is 0.268 e. The van der Waals surface area contributed by atoms with Crippen LogP contribution in [0.3, 0.4) is 0 Å². The summed E-state index contributed by atoms with van der Waals surface area (Å²) in [6.45, 7) is 2.75. The van der Waals surface area contributed by atoms with Crippen LogP contribution in [-0.2, 0) is 7.05 Å². The molecule has 1 amide bonds. The van der Waals surface area contributed by atoms with Gasteiger partial charge in [-0.2, -0.15) is 11.8 Å². The highest BCUT2D eigenvalue weighted by molar-refractivity contribution is 7.98. The standard InChI is InChI=1S/C15H20N2OS/c1-11-12-7-4-5-8-13(12)17(2)14(11)15(18)16-9-6-10-19-3/h4-5,7-8H,6,9-10H2,1-3H3,(H,16,18). The Balaban J connectivity index is 2.22. The molecule has 0 saturated heterocycles. The highest BCUT2D eigenvalue weighted by Crippen LogP contribution is 2.24. The lowest BCUT2D eigenvalue weighted by atomic mass is 10.1. The maximum absolute atomic E-state index is 12.3. The molecule has 0 aliphatic heterocycles. The molecule has 0 fully saturated rings. The molecule has 0 aliphatic carbocycles. The number of amides is 1. The Morgan fingerprint density at radius 3 is 2.79 bits per heavy atom. The Hall–Kier alpha value is -1.42. The van der Waals surface area contributed by atoms with Gasteiger partial charge in [0.25, 0.3) is 5.91 Å². The second-order valence-electron chi connectivity index (χ2n) is 4.65. The molecule has 1 aromatic heterocycles. The van der Waals surface area contributed by atoms with Crippen LogP contribution in [0.2, 0.25) is 0 Å². The second kappa shape index (κ2) is 6.15. The van der Waals surface area contributed by atoms with Crippen LogP contribution >= 0.6 is 11.8 Å². The number of hydrogen-bond acceptors (Lipinski definition) is 2. The van der Waals surface area contributed by atoms with Crippen LogP contribution in [-0.4, -0.2) is 29.0 Å². The number of carbonyl (C=O) groups excluding carboxylic acids is 1. The van der Waals surface area contributed by atoms with Crippen molar-refractivity contribution in [3.05, 3.63) is 35.5 Å². The highest BCUT2D eigenvalue weighted by atomic mass is 32.2. The molecule has 1 N–H and O–H groups in total. The van der Waals surface area contributed by atoms with E-state index in [1.54, 1.807) is 11.8 Å². The molecule has 102 valence electrons. The molecule has 0 unspecified atom stereocenters. The van der Waals surface area contributed by atoms with Crippen molar-refractivity contribution in [1.29, 1.82) is 0 Å². The molecule has 2 rings (SSSR count). The SMILES string of the molecule is CSCCCNC(=O)c1c(C)c2ccccc2n1C. The average molecular weight is 276 g/mol. The fraction of sp³-hybridized carbons (Fsp3) is 0.400. The van der Waals surface area contributed by atoms with Gasteiger partial charge in [0.1, 0.15) is 5.69 Å². The van der Waals surface area contributed by atoms with Gasteiger partial charge in [0.15, 0.2) is 0 Å². The molecule has 19 heavy (non-hydrogen) atoms. The minimum Gasteiger partial charge on any atom is -0.351 e. The molecule has 0 bridgehead atoms. The van der Waals surface area contributed by atoms with E-state index in [4.69, 9.17) is 0 Å². The van der Waals surface area contributed by atoms with E-state index in [1.807, 2.05) is 36.7 Å². The Bertz CT molecular complexity index is 550. The number of nitrogens with one attached hydrogen (secondary N) is 1. The normalized spacial score (nSPS) is 10.9. The summed E-state index contributed by atoms with van der Waals surface area (Å²) in [5.74, 6) is 1.10. The zero-order chi connectivity index (χ0) is 13.8. The Kier molecular flexibility index (Phi) is 4.53. The quantitative estimate of drug-likeness (QED) is 0.852. The Labute approximate surface area is 118 Å². The molecule has 0 saturated carbocycles. The minimum atomic E-state index is 0.0253. The van der Waals surface area contributed by atoms with E-state index in [2.05, 4.69) is 17.6 Å². The Morgan fingerprint density at radius 1 is 1.37 bits per heavy atom. The fourth-order valence-corrected chi connectivity index (χ4v) is 2.84. The zero-order valence-electron chi connectivity index (χ0n) is 11.7. The minimum absolute atomic E-state index is 0.0253. The van der Waals surface area contributed by atoms with Crippen LogP contribution in [0.25, 0.3) is 10.9 Å². The third-order valence-corrected chi connectivity index (χ3v) is 4.08. The van der Waals surface area contributed by atoms with E-state index in [1.165, 1.54) is 0 Å².